The van der Waals surface area contributed by atoms with Gasteiger partial charge in [0.05, 0.1) is 16.3 Å². The molecule has 9 heteroatoms. The zero-order valence-electron chi connectivity index (χ0n) is 13.5. The number of aromatic nitrogens is 1. The van der Waals surface area contributed by atoms with E-state index in [0.29, 0.717) is 20.7 Å². The highest BCUT2D eigenvalue weighted by molar-refractivity contribution is 9.10. The Morgan fingerprint density at radius 1 is 1.33 bits per heavy atom. The Kier molecular flexibility index (Phi) is 5.59. The normalized spacial score (nSPS) is 11.1. The molecular formula is C18H10BrFN4O2S. The van der Waals surface area contributed by atoms with E-state index in [-0.39, 0.29) is 16.9 Å². The van der Waals surface area contributed by atoms with Gasteiger partial charge in [-0.05, 0) is 30.3 Å². The van der Waals surface area contributed by atoms with Gasteiger partial charge in [0, 0.05) is 33.7 Å². The van der Waals surface area contributed by atoms with E-state index >= 15 is 0 Å². The quantitative estimate of drug-likeness (QED) is 0.314. The van der Waals surface area contributed by atoms with Crippen LogP contribution in [0.15, 0.2) is 58.5 Å². The van der Waals surface area contributed by atoms with Crippen molar-refractivity contribution >= 4 is 44.2 Å². The predicted molar refractivity (Wildman–Crippen MR) is 106 cm³/mol. The van der Waals surface area contributed by atoms with Gasteiger partial charge in [-0.15, -0.1) is 11.3 Å². The van der Waals surface area contributed by atoms with Crippen molar-refractivity contribution in [2.45, 2.75) is 0 Å². The summed E-state index contributed by atoms with van der Waals surface area (Å²) in [6, 6.07) is 12.6. The topological polar surface area (TPSA) is 91.8 Å². The Bertz CT molecular complexity index is 1070. The molecule has 0 aliphatic carbocycles. The Morgan fingerprint density at radius 2 is 2.07 bits per heavy atom. The summed E-state index contributed by atoms with van der Waals surface area (Å²) in [4.78, 5) is 14.6. The molecule has 1 heterocycles. The highest BCUT2D eigenvalue weighted by atomic mass is 79.9. The molecular weight excluding hydrogens is 435 g/mol. The summed E-state index contributed by atoms with van der Waals surface area (Å²) in [5.41, 5.74) is 1.77. The molecule has 0 fully saturated rings. The highest BCUT2D eigenvalue weighted by Crippen LogP contribution is 2.28. The molecule has 0 amide bonds. The molecule has 0 aliphatic heterocycles. The monoisotopic (exact) mass is 444 g/mol. The van der Waals surface area contributed by atoms with Gasteiger partial charge in [-0.3, -0.25) is 10.1 Å². The number of nitrogens with zero attached hydrogens (tertiary/aromatic N) is 3. The molecule has 6 nitrogen and oxygen atoms in total. The summed E-state index contributed by atoms with van der Waals surface area (Å²) in [5.74, 6) is -0.455. The van der Waals surface area contributed by atoms with Crippen LogP contribution in [0, 0.1) is 27.3 Å². The van der Waals surface area contributed by atoms with Gasteiger partial charge in [-0.2, -0.15) is 5.26 Å². The molecule has 1 aromatic heterocycles. The number of halogens is 2. The maximum atomic E-state index is 13.9. The molecule has 0 bridgehead atoms. The lowest BCUT2D eigenvalue weighted by molar-refractivity contribution is -0.384. The Morgan fingerprint density at radius 3 is 2.70 bits per heavy atom. The number of nitro groups is 1. The second-order valence-electron chi connectivity index (χ2n) is 5.28. The fraction of sp³-hybridized carbons (Fsp3) is 0. The number of nitriles is 1. The van der Waals surface area contributed by atoms with E-state index in [2.05, 4.69) is 26.2 Å². The van der Waals surface area contributed by atoms with Gasteiger partial charge in [0.25, 0.3) is 5.69 Å². The molecule has 27 heavy (non-hydrogen) atoms. The van der Waals surface area contributed by atoms with E-state index in [1.54, 1.807) is 29.6 Å². The third kappa shape index (κ3) is 4.36. The summed E-state index contributed by atoms with van der Waals surface area (Å²) in [7, 11) is 0. The van der Waals surface area contributed by atoms with Crippen LogP contribution >= 0.6 is 27.3 Å². The van der Waals surface area contributed by atoms with Crippen LogP contribution in [-0.2, 0) is 0 Å². The molecule has 2 aromatic carbocycles. The summed E-state index contributed by atoms with van der Waals surface area (Å²) in [6.07, 6.45) is 1.39. The van der Waals surface area contributed by atoms with Gasteiger partial charge in [-0.25, -0.2) is 9.37 Å². The lowest BCUT2D eigenvalue weighted by atomic mass is 10.1. The molecule has 3 aromatic rings. The molecule has 0 aliphatic rings. The van der Waals surface area contributed by atoms with Gasteiger partial charge in [0.2, 0.25) is 0 Å². The standard InChI is InChI=1S/C18H10BrFN4O2S/c19-13-3-6-16(15(20)7-13)22-9-12(8-21)18-23-17(10-27-18)11-1-4-14(5-2-11)24(25)26/h1-7,9-10,22H/b12-9-. The summed E-state index contributed by atoms with van der Waals surface area (Å²) in [5, 5.41) is 25.1. The SMILES string of the molecule is N#C/C(=C/Nc1ccc(Br)cc1F)c1nc(-c2ccc([N+](=O)[O-])cc2)cs1. The first kappa shape index (κ1) is 18.7. The van der Waals surface area contributed by atoms with Gasteiger partial charge in [0.1, 0.15) is 22.5 Å². The van der Waals surface area contributed by atoms with Crippen LogP contribution in [0.5, 0.6) is 0 Å². The fourth-order valence-electron chi connectivity index (χ4n) is 2.18. The molecule has 0 radical (unpaired) electrons. The van der Waals surface area contributed by atoms with Crippen molar-refractivity contribution in [1.29, 1.82) is 5.26 Å². The van der Waals surface area contributed by atoms with E-state index in [4.69, 9.17) is 0 Å². The Balaban J connectivity index is 1.82. The van der Waals surface area contributed by atoms with E-state index in [1.807, 2.05) is 6.07 Å². The largest absolute Gasteiger partial charge is 0.358 e. The van der Waals surface area contributed by atoms with E-state index in [0.717, 1.165) is 0 Å². The van der Waals surface area contributed by atoms with Crippen LogP contribution < -0.4 is 5.32 Å². The fourth-order valence-corrected chi connectivity index (χ4v) is 3.31. The minimum atomic E-state index is -0.473. The molecule has 1 N–H and O–H groups in total. The molecule has 0 unspecified atom stereocenters. The van der Waals surface area contributed by atoms with E-state index < -0.39 is 10.7 Å². The lowest BCUT2D eigenvalue weighted by Gasteiger charge is -2.03. The van der Waals surface area contributed by atoms with Crippen molar-refractivity contribution in [3.05, 3.63) is 79.5 Å². The molecule has 0 saturated heterocycles. The Labute approximate surface area is 165 Å². The van der Waals surface area contributed by atoms with Crippen LogP contribution in [0.25, 0.3) is 16.8 Å². The van der Waals surface area contributed by atoms with Gasteiger partial charge < -0.3 is 5.32 Å². The zero-order valence-corrected chi connectivity index (χ0v) is 15.9. The average Bonchev–Trinajstić information content (AvgIpc) is 3.14. The Hall–Kier alpha value is -3.09. The molecule has 0 saturated carbocycles. The van der Waals surface area contributed by atoms with E-state index in [9.17, 15) is 19.8 Å². The van der Waals surface area contributed by atoms with Crippen molar-refractivity contribution < 1.29 is 9.31 Å². The number of benzene rings is 2. The van der Waals surface area contributed by atoms with Crippen molar-refractivity contribution in [2.75, 3.05) is 5.32 Å². The minimum Gasteiger partial charge on any atom is -0.358 e. The number of nitrogens with one attached hydrogen (secondary N) is 1. The van der Waals surface area contributed by atoms with Crippen molar-refractivity contribution in [1.82, 2.24) is 4.98 Å². The molecule has 3 rings (SSSR count). The first-order chi connectivity index (χ1) is 13.0. The third-order valence-corrected chi connectivity index (χ3v) is 4.90. The zero-order chi connectivity index (χ0) is 19.4. The first-order valence-electron chi connectivity index (χ1n) is 7.50. The number of nitro benzene ring substituents is 1. The summed E-state index contributed by atoms with van der Waals surface area (Å²) >= 11 is 4.44. The summed E-state index contributed by atoms with van der Waals surface area (Å²) in [6.45, 7) is 0. The number of anilines is 1. The number of hydrogen-bond donors (Lipinski definition) is 1. The molecule has 0 spiro atoms. The first-order valence-corrected chi connectivity index (χ1v) is 9.18. The van der Waals surface area contributed by atoms with Crippen LogP contribution in [0.2, 0.25) is 0 Å². The third-order valence-electron chi connectivity index (χ3n) is 3.53. The second-order valence-corrected chi connectivity index (χ2v) is 7.05. The second kappa shape index (κ2) is 8.07. The van der Waals surface area contributed by atoms with Crippen molar-refractivity contribution in [3.63, 3.8) is 0 Å². The molecule has 134 valence electrons. The highest BCUT2D eigenvalue weighted by Gasteiger charge is 2.11. The van der Waals surface area contributed by atoms with Crippen LogP contribution in [0.3, 0.4) is 0 Å². The van der Waals surface area contributed by atoms with Crippen molar-refractivity contribution in [2.24, 2.45) is 0 Å². The maximum Gasteiger partial charge on any atom is 0.269 e. The van der Waals surface area contributed by atoms with Gasteiger partial charge in [-0.1, -0.05) is 15.9 Å². The van der Waals surface area contributed by atoms with Gasteiger partial charge >= 0.3 is 0 Å². The minimum absolute atomic E-state index is 0.00691. The molecule has 0 atom stereocenters. The van der Waals surface area contributed by atoms with Crippen LogP contribution in [0.1, 0.15) is 5.01 Å². The smallest absolute Gasteiger partial charge is 0.269 e. The van der Waals surface area contributed by atoms with E-state index in [1.165, 1.54) is 35.7 Å². The number of thiazole rings is 1. The number of allylic oxidation sites excluding steroid dienone is 1. The average molecular weight is 445 g/mol. The maximum absolute atomic E-state index is 13.9. The predicted octanol–water partition coefficient (Wildman–Crippen LogP) is 5.60. The summed E-state index contributed by atoms with van der Waals surface area (Å²) < 4.78 is 14.5. The van der Waals surface area contributed by atoms with Crippen molar-refractivity contribution in [3.8, 4) is 17.3 Å². The van der Waals surface area contributed by atoms with Gasteiger partial charge in [0.15, 0.2) is 0 Å². The number of non-ortho nitro benzene ring substituents is 1. The number of rotatable bonds is 5. The number of hydrogen-bond acceptors (Lipinski definition) is 6. The van der Waals surface area contributed by atoms with Crippen LogP contribution in [0.4, 0.5) is 15.8 Å². The lowest BCUT2D eigenvalue weighted by Crippen LogP contribution is -1.94. The van der Waals surface area contributed by atoms with Crippen LogP contribution in [-0.4, -0.2) is 9.91 Å².